The largest absolute Gasteiger partial charge is 0.493 e. The number of carbonyl (C=O) groups is 1. The highest BCUT2D eigenvalue weighted by molar-refractivity contribution is 7.16. The van der Waals surface area contributed by atoms with Crippen molar-refractivity contribution in [3.05, 3.63) is 50.9 Å². The van der Waals surface area contributed by atoms with E-state index >= 15 is 0 Å². The van der Waals surface area contributed by atoms with Crippen molar-refractivity contribution in [2.45, 2.75) is 20.5 Å². The molecule has 3 aromatic rings. The van der Waals surface area contributed by atoms with Crippen LogP contribution in [0.1, 0.15) is 28.0 Å². The van der Waals surface area contributed by atoms with E-state index in [1.807, 2.05) is 6.92 Å². The number of fused-ring (bicyclic) bond motifs is 1. The van der Waals surface area contributed by atoms with Crippen LogP contribution in [0.3, 0.4) is 0 Å². The Morgan fingerprint density at radius 3 is 2.81 bits per heavy atom. The molecule has 0 saturated heterocycles. The minimum atomic E-state index is -0.524. The standard InChI is InChI=1S/C17H17N3O5S/c1-4-24-13-8-11(5-6-12(13)23-3)16(22)25-9-14-19-20-15(21)7-10(2)18-17(20)26-14/h5-8H,4,9H2,1-3H3. The molecule has 0 aliphatic carbocycles. The fourth-order valence-electron chi connectivity index (χ4n) is 2.30. The highest BCUT2D eigenvalue weighted by atomic mass is 32.1. The lowest BCUT2D eigenvalue weighted by atomic mass is 10.2. The summed E-state index contributed by atoms with van der Waals surface area (Å²) < 4.78 is 17.1. The van der Waals surface area contributed by atoms with E-state index in [9.17, 15) is 9.59 Å². The molecule has 0 unspecified atom stereocenters. The number of hydrogen-bond donors (Lipinski definition) is 0. The first-order valence-corrected chi connectivity index (χ1v) is 8.68. The van der Waals surface area contributed by atoms with Gasteiger partial charge in [0.1, 0.15) is 6.61 Å². The molecule has 0 spiro atoms. The molecule has 2 heterocycles. The Hall–Kier alpha value is -2.94. The van der Waals surface area contributed by atoms with E-state index in [0.29, 0.717) is 39.3 Å². The zero-order chi connectivity index (χ0) is 18.7. The molecule has 8 nitrogen and oxygen atoms in total. The first kappa shape index (κ1) is 17.9. The van der Waals surface area contributed by atoms with E-state index in [-0.39, 0.29) is 12.2 Å². The van der Waals surface area contributed by atoms with E-state index in [2.05, 4.69) is 10.1 Å². The summed E-state index contributed by atoms with van der Waals surface area (Å²) in [4.78, 5) is 28.9. The van der Waals surface area contributed by atoms with Crippen LogP contribution >= 0.6 is 11.3 Å². The maximum absolute atomic E-state index is 12.3. The van der Waals surface area contributed by atoms with Crippen molar-refractivity contribution in [1.29, 1.82) is 0 Å². The van der Waals surface area contributed by atoms with Gasteiger partial charge in [-0.1, -0.05) is 11.3 Å². The maximum Gasteiger partial charge on any atom is 0.338 e. The smallest absolute Gasteiger partial charge is 0.338 e. The summed E-state index contributed by atoms with van der Waals surface area (Å²) in [5, 5.41) is 4.61. The molecule has 0 bridgehead atoms. The highest BCUT2D eigenvalue weighted by Crippen LogP contribution is 2.28. The van der Waals surface area contributed by atoms with Crippen LogP contribution in [0.5, 0.6) is 11.5 Å². The van der Waals surface area contributed by atoms with Gasteiger partial charge in [0.15, 0.2) is 16.5 Å². The number of aromatic nitrogens is 3. The molecular formula is C17H17N3O5S. The molecular weight excluding hydrogens is 358 g/mol. The van der Waals surface area contributed by atoms with E-state index in [1.165, 1.54) is 29.0 Å². The number of aryl methyl sites for hydroxylation is 1. The summed E-state index contributed by atoms with van der Waals surface area (Å²) >= 11 is 1.20. The first-order valence-electron chi connectivity index (χ1n) is 7.86. The highest BCUT2D eigenvalue weighted by Gasteiger charge is 2.14. The molecule has 9 heteroatoms. The van der Waals surface area contributed by atoms with Crippen LogP contribution < -0.4 is 15.0 Å². The summed E-state index contributed by atoms with van der Waals surface area (Å²) in [6.45, 7) is 3.97. The second-order valence-electron chi connectivity index (χ2n) is 5.30. The lowest BCUT2D eigenvalue weighted by Crippen LogP contribution is -2.14. The molecule has 0 fully saturated rings. The number of nitrogens with zero attached hydrogens (tertiary/aromatic N) is 3. The number of carbonyl (C=O) groups excluding carboxylic acids is 1. The Morgan fingerprint density at radius 2 is 2.08 bits per heavy atom. The molecule has 0 aliphatic rings. The fraction of sp³-hybridized carbons (Fsp3) is 0.294. The SMILES string of the molecule is CCOc1cc(C(=O)OCc2nn3c(=O)cc(C)nc3s2)ccc1OC. The van der Waals surface area contributed by atoms with Crippen molar-refractivity contribution in [3.63, 3.8) is 0 Å². The number of rotatable bonds is 6. The second-order valence-corrected chi connectivity index (χ2v) is 6.34. The topological polar surface area (TPSA) is 92.0 Å². The lowest BCUT2D eigenvalue weighted by Gasteiger charge is -2.10. The van der Waals surface area contributed by atoms with Gasteiger partial charge in [0.25, 0.3) is 5.56 Å². The van der Waals surface area contributed by atoms with Crippen LogP contribution in [-0.4, -0.2) is 34.3 Å². The molecule has 0 aliphatic heterocycles. The zero-order valence-electron chi connectivity index (χ0n) is 14.5. The molecule has 0 radical (unpaired) electrons. The Kier molecular flexibility index (Phi) is 5.17. The summed E-state index contributed by atoms with van der Waals surface area (Å²) in [5.74, 6) is 0.482. The minimum absolute atomic E-state index is 0.0542. The van der Waals surface area contributed by atoms with Crippen LogP contribution in [-0.2, 0) is 11.3 Å². The molecule has 2 aromatic heterocycles. The van der Waals surface area contributed by atoms with Crippen LogP contribution in [0.4, 0.5) is 0 Å². The van der Waals surface area contributed by atoms with Gasteiger partial charge in [-0.05, 0) is 32.0 Å². The van der Waals surface area contributed by atoms with Crippen LogP contribution in [0.2, 0.25) is 0 Å². The van der Waals surface area contributed by atoms with E-state index in [4.69, 9.17) is 14.2 Å². The fourth-order valence-corrected chi connectivity index (χ4v) is 3.16. The van der Waals surface area contributed by atoms with E-state index in [0.717, 1.165) is 0 Å². The number of esters is 1. The van der Waals surface area contributed by atoms with E-state index < -0.39 is 5.97 Å². The average Bonchev–Trinajstić information content (AvgIpc) is 3.03. The normalized spacial score (nSPS) is 10.7. The number of ether oxygens (including phenoxy) is 3. The Morgan fingerprint density at radius 1 is 1.27 bits per heavy atom. The average molecular weight is 375 g/mol. The molecule has 3 rings (SSSR count). The third-order valence-electron chi connectivity index (χ3n) is 3.44. The summed E-state index contributed by atoms with van der Waals surface area (Å²) in [5.41, 5.74) is 0.684. The molecule has 26 heavy (non-hydrogen) atoms. The van der Waals surface area contributed by atoms with Crippen molar-refractivity contribution in [3.8, 4) is 11.5 Å². The van der Waals surface area contributed by atoms with Gasteiger partial charge in [0.2, 0.25) is 4.96 Å². The molecule has 1 aromatic carbocycles. The summed E-state index contributed by atoms with van der Waals surface area (Å²) in [6, 6.07) is 6.20. The predicted molar refractivity (Wildman–Crippen MR) is 95.2 cm³/mol. The zero-order valence-corrected chi connectivity index (χ0v) is 15.3. The van der Waals surface area contributed by atoms with Crippen molar-refractivity contribution < 1.29 is 19.0 Å². The molecule has 0 N–H and O–H groups in total. The molecule has 0 atom stereocenters. The number of hydrogen-bond acceptors (Lipinski definition) is 8. The predicted octanol–water partition coefficient (Wildman–Crippen LogP) is 2.22. The van der Waals surface area contributed by atoms with Crippen molar-refractivity contribution >= 4 is 22.3 Å². The Bertz CT molecular complexity index is 1010. The van der Waals surface area contributed by atoms with Gasteiger partial charge in [-0.15, -0.1) is 0 Å². The van der Waals surface area contributed by atoms with Crippen LogP contribution in [0.15, 0.2) is 29.1 Å². The minimum Gasteiger partial charge on any atom is -0.493 e. The van der Waals surface area contributed by atoms with Gasteiger partial charge in [-0.25, -0.2) is 9.78 Å². The Balaban J connectivity index is 1.75. The van der Waals surface area contributed by atoms with Crippen molar-refractivity contribution in [2.75, 3.05) is 13.7 Å². The molecule has 136 valence electrons. The summed E-state index contributed by atoms with van der Waals surface area (Å²) in [6.07, 6.45) is 0. The van der Waals surface area contributed by atoms with Gasteiger partial charge >= 0.3 is 5.97 Å². The van der Waals surface area contributed by atoms with Gasteiger partial charge < -0.3 is 14.2 Å². The number of methoxy groups -OCH3 is 1. The van der Waals surface area contributed by atoms with Gasteiger partial charge in [-0.2, -0.15) is 9.61 Å². The van der Waals surface area contributed by atoms with E-state index in [1.54, 1.807) is 25.1 Å². The van der Waals surface area contributed by atoms with Crippen LogP contribution in [0.25, 0.3) is 4.96 Å². The molecule has 0 amide bonds. The second kappa shape index (κ2) is 7.52. The van der Waals surface area contributed by atoms with Gasteiger partial charge in [-0.3, -0.25) is 4.79 Å². The maximum atomic E-state index is 12.3. The number of benzene rings is 1. The quantitative estimate of drug-likeness (QED) is 0.610. The van der Waals surface area contributed by atoms with Crippen molar-refractivity contribution in [2.24, 2.45) is 0 Å². The summed E-state index contributed by atoms with van der Waals surface area (Å²) in [7, 11) is 1.53. The van der Waals surface area contributed by atoms with Crippen LogP contribution in [0, 0.1) is 6.92 Å². The third-order valence-corrected chi connectivity index (χ3v) is 4.32. The Labute approximate surface area is 153 Å². The third kappa shape index (κ3) is 3.67. The first-order chi connectivity index (χ1) is 12.5. The van der Waals surface area contributed by atoms with Crippen molar-refractivity contribution in [1.82, 2.24) is 14.6 Å². The lowest BCUT2D eigenvalue weighted by molar-refractivity contribution is 0.0471. The van der Waals surface area contributed by atoms with Gasteiger partial charge in [0, 0.05) is 11.8 Å². The van der Waals surface area contributed by atoms with Gasteiger partial charge in [0.05, 0.1) is 19.3 Å². The molecule has 0 saturated carbocycles. The monoisotopic (exact) mass is 375 g/mol.